The van der Waals surface area contributed by atoms with Crippen molar-refractivity contribution in [3.05, 3.63) is 89.6 Å². The van der Waals surface area contributed by atoms with E-state index in [1.54, 1.807) is 12.3 Å². The van der Waals surface area contributed by atoms with E-state index in [9.17, 15) is 13.2 Å². The molecule has 2 heterocycles. The third kappa shape index (κ3) is 4.94. The van der Waals surface area contributed by atoms with Crippen molar-refractivity contribution in [2.45, 2.75) is 19.0 Å². The van der Waals surface area contributed by atoms with Gasteiger partial charge in [-0.15, -0.1) is 0 Å². The van der Waals surface area contributed by atoms with Gasteiger partial charge in [0.25, 0.3) is 0 Å². The van der Waals surface area contributed by atoms with Gasteiger partial charge in [0.2, 0.25) is 0 Å². The molecule has 0 bridgehead atoms. The van der Waals surface area contributed by atoms with Crippen LogP contribution < -0.4 is 0 Å². The smallest absolute Gasteiger partial charge is 0.299 e. The quantitative estimate of drug-likeness (QED) is 0.558. The molecule has 0 N–H and O–H groups in total. The van der Waals surface area contributed by atoms with E-state index in [2.05, 4.69) is 33.3 Å². The topological polar surface area (TPSA) is 29.0 Å². The molecule has 30 heavy (non-hydrogen) atoms. The lowest BCUT2D eigenvalue weighted by molar-refractivity contribution is -0.137. The van der Waals surface area contributed by atoms with Crippen LogP contribution >= 0.6 is 0 Å². The van der Waals surface area contributed by atoms with Crippen LogP contribution in [0.3, 0.4) is 0 Å². The van der Waals surface area contributed by atoms with Crippen LogP contribution in [0.15, 0.2) is 72.9 Å². The molecule has 0 spiro atoms. The van der Waals surface area contributed by atoms with E-state index in [0.29, 0.717) is 5.56 Å². The van der Waals surface area contributed by atoms with Crippen LogP contribution in [-0.4, -0.2) is 34.7 Å². The first kappa shape index (κ1) is 20.3. The highest BCUT2D eigenvalue weighted by atomic mass is 19.4. The van der Waals surface area contributed by atoms with Crippen LogP contribution in [0, 0.1) is 0 Å². The van der Waals surface area contributed by atoms with Crippen molar-refractivity contribution < 1.29 is 13.2 Å². The molecule has 0 amide bonds. The zero-order chi connectivity index (χ0) is 21.0. The number of halogens is 3. The summed E-state index contributed by atoms with van der Waals surface area (Å²) in [5.41, 5.74) is 4.19. The summed E-state index contributed by atoms with van der Waals surface area (Å²) in [5, 5.41) is 8.09. The van der Waals surface area contributed by atoms with E-state index in [4.69, 9.17) is 0 Å². The third-order valence-corrected chi connectivity index (χ3v) is 5.37. The zero-order valence-corrected chi connectivity index (χ0v) is 16.4. The Labute approximate surface area is 173 Å². The van der Waals surface area contributed by atoms with Crippen molar-refractivity contribution in [3.8, 4) is 11.3 Å². The lowest BCUT2D eigenvalue weighted by Gasteiger charge is -2.26. The van der Waals surface area contributed by atoms with Crippen molar-refractivity contribution >= 4 is 5.57 Å². The molecule has 0 radical (unpaired) electrons. The summed E-state index contributed by atoms with van der Waals surface area (Å²) in [6, 6.07) is 17.7. The Kier molecular flexibility index (Phi) is 5.95. The number of hydrogen-bond donors (Lipinski definition) is 0. The summed E-state index contributed by atoms with van der Waals surface area (Å²) in [6.45, 7) is 2.48. The highest BCUT2D eigenvalue weighted by Gasteiger charge is 2.30. The molecule has 4 rings (SSSR count). The summed E-state index contributed by atoms with van der Waals surface area (Å²) in [4.78, 5) is 2.33. The van der Waals surface area contributed by atoms with Gasteiger partial charge in [-0.3, -0.25) is 4.90 Å². The Bertz CT molecular complexity index is 1030. The minimum Gasteiger partial charge on any atom is -0.299 e. The van der Waals surface area contributed by atoms with Gasteiger partial charge >= 0.3 is 6.18 Å². The van der Waals surface area contributed by atoms with Gasteiger partial charge in [-0.2, -0.15) is 23.4 Å². The van der Waals surface area contributed by atoms with Gasteiger partial charge in [0.1, 0.15) is 0 Å². The predicted octanol–water partition coefficient (Wildman–Crippen LogP) is 5.49. The van der Waals surface area contributed by atoms with E-state index in [0.717, 1.165) is 55.4 Å². The fraction of sp³-hybridized carbons (Fsp3) is 0.250. The molecule has 1 aliphatic rings. The zero-order valence-electron chi connectivity index (χ0n) is 16.4. The third-order valence-electron chi connectivity index (χ3n) is 5.37. The SMILES string of the molecule is FC(F)(F)c1cccc(C2=CCN(CCc3cccc(-c4cccnn4)c3)CC2)c1. The fourth-order valence-corrected chi connectivity index (χ4v) is 3.70. The molecule has 0 saturated carbocycles. The first-order valence-electron chi connectivity index (χ1n) is 9.95. The van der Waals surface area contributed by atoms with Gasteiger partial charge < -0.3 is 0 Å². The van der Waals surface area contributed by atoms with E-state index in [-0.39, 0.29) is 0 Å². The molecule has 6 heteroatoms. The minimum absolute atomic E-state index is 0.591. The Morgan fingerprint density at radius 3 is 2.50 bits per heavy atom. The van der Waals surface area contributed by atoms with E-state index < -0.39 is 11.7 Å². The molecule has 1 aromatic heterocycles. The first-order chi connectivity index (χ1) is 14.5. The molecule has 0 fully saturated rings. The summed E-state index contributed by atoms with van der Waals surface area (Å²) < 4.78 is 38.9. The minimum atomic E-state index is -4.31. The number of benzene rings is 2. The first-order valence-corrected chi connectivity index (χ1v) is 9.95. The molecule has 1 aliphatic heterocycles. The van der Waals surface area contributed by atoms with Crippen LogP contribution in [0.2, 0.25) is 0 Å². The van der Waals surface area contributed by atoms with Crippen molar-refractivity contribution in [2.24, 2.45) is 0 Å². The average molecular weight is 409 g/mol. The predicted molar refractivity (Wildman–Crippen MR) is 112 cm³/mol. The second-order valence-electron chi connectivity index (χ2n) is 7.42. The highest BCUT2D eigenvalue weighted by Crippen LogP contribution is 2.32. The summed E-state index contributed by atoms with van der Waals surface area (Å²) in [7, 11) is 0. The lowest BCUT2D eigenvalue weighted by atomic mass is 9.97. The average Bonchev–Trinajstić information content (AvgIpc) is 2.78. The largest absolute Gasteiger partial charge is 0.416 e. The molecule has 0 unspecified atom stereocenters. The maximum absolute atomic E-state index is 13.0. The van der Waals surface area contributed by atoms with Crippen LogP contribution in [0.25, 0.3) is 16.8 Å². The van der Waals surface area contributed by atoms with E-state index >= 15 is 0 Å². The van der Waals surface area contributed by atoms with Gasteiger partial charge in [-0.05, 0) is 59.9 Å². The number of nitrogens with zero attached hydrogens (tertiary/aromatic N) is 3. The standard InChI is InChI=1S/C24H22F3N3/c25-24(26,27)22-7-2-5-20(17-22)19-10-14-30(15-11-19)13-9-18-4-1-6-21(16-18)23-8-3-12-28-29-23/h1-8,10,12,16-17H,9,11,13-15H2. The second kappa shape index (κ2) is 8.79. The van der Waals surface area contributed by atoms with E-state index in [1.165, 1.54) is 17.7 Å². The highest BCUT2D eigenvalue weighted by molar-refractivity contribution is 5.67. The molecule has 3 nitrogen and oxygen atoms in total. The van der Waals surface area contributed by atoms with Gasteiger partial charge in [0.15, 0.2) is 0 Å². The lowest BCUT2D eigenvalue weighted by Crippen LogP contribution is -2.30. The Morgan fingerprint density at radius 1 is 0.933 bits per heavy atom. The molecule has 2 aromatic carbocycles. The van der Waals surface area contributed by atoms with Gasteiger partial charge in [0.05, 0.1) is 11.3 Å². The monoisotopic (exact) mass is 409 g/mol. The number of alkyl halides is 3. The molecule has 0 aliphatic carbocycles. The normalized spacial score (nSPS) is 15.1. The van der Waals surface area contributed by atoms with Crippen LogP contribution in [0.4, 0.5) is 13.2 Å². The van der Waals surface area contributed by atoms with Crippen molar-refractivity contribution in [2.75, 3.05) is 19.6 Å². The Balaban J connectivity index is 1.37. The van der Waals surface area contributed by atoms with Gasteiger partial charge in [-0.25, -0.2) is 0 Å². The maximum Gasteiger partial charge on any atom is 0.416 e. The number of hydrogen-bond acceptors (Lipinski definition) is 3. The number of rotatable bonds is 5. The molecular formula is C24H22F3N3. The molecule has 0 saturated heterocycles. The summed E-state index contributed by atoms with van der Waals surface area (Å²) >= 11 is 0. The second-order valence-corrected chi connectivity index (χ2v) is 7.42. The van der Waals surface area contributed by atoms with Crippen molar-refractivity contribution in [1.82, 2.24) is 15.1 Å². The summed E-state index contributed by atoms with van der Waals surface area (Å²) in [5.74, 6) is 0. The van der Waals surface area contributed by atoms with Gasteiger partial charge in [-0.1, -0.05) is 36.4 Å². The molecule has 3 aromatic rings. The summed E-state index contributed by atoms with van der Waals surface area (Å²) in [6.07, 6.45) is 1.05. The van der Waals surface area contributed by atoms with Crippen molar-refractivity contribution in [1.29, 1.82) is 0 Å². The Hall–Kier alpha value is -2.99. The van der Waals surface area contributed by atoms with Crippen LogP contribution in [0.1, 0.15) is 23.1 Å². The maximum atomic E-state index is 13.0. The molecular weight excluding hydrogens is 387 g/mol. The van der Waals surface area contributed by atoms with Crippen molar-refractivity contribution in [3.63, 3.8) is 0 Å². The van der Waals surface area contributed by atoms with Crippen LogP contribution in [-0.2, 0) is 12.6 Å². The van der Waals surface area contributed by atoms with Crippen LogP contribution in [0.5, 0.6) is 0 Å². The van der Waals surface area contributed by atoms with E-state index in [1.807, 2.05) is 24.3 Å². The fourth-order valence-electron chi connectivity index (χ4n) is 3.70. The van der Waals surface area contributed by atoms with Gasteiger partial charge in [0, 0.05) is 31.4 Å². The number of aromatic nitrogens is 2. The molecule has 154 valence electrons. The molecule has 0 atom stereocenters. The Morgan fingerprint density at radius 2 is 1.77 bits per heavy atom.